The molecule has 0 bridgehead atoms. The first-order valence-corrected chi connectivity index (χ1v) is 12.7. The summed E-state index contributed by atoms with van der Waals surface area (Å²) in [6, 6.07) is 7.68. The van der Waals surface area contributed by atoms with Gasteiger partial charge < -0.3 is 4.90 Å². The van der Waals surface area contributed by atoms with E-state index in [1.54, 1.807) is 50.1 Å². The van der Waals surface area contributed by atoms with Gasteiger partial charge in [-0.25, -0.2) is 4.39 Å². The highest BCUT2D eigenvalue weighted by Gasteiger charge is 2.41. The van der Waals surface area contributed by atoms with Gasteiger partial charge in [-0.2, -0.15) is 5.10 Å². The number of aromatic nitrogens is 2. The first-order chi connectivity index (χ1) is 16.7. The molecule has 4 rings (SSSR count). The second kappa shape index (κ2) is 12.2. The number of amides is 1. The first-order valence-electron chi connectivity index (χ1n) is 11.9. The Morgan fingerprint density at radius 1 is 1.19 bits per heavy atom. The van der Waals surface area contributed by atoms with Crippen LogP contribution in [0.5, 0.6) is 0 Å². The molecule has 1 aliphatic heterocycles. The Bertz CT molecular complexity index is 1150. The molecule has 7 nitrogen and oxygen atoms in total. The Kier molecular flexibility index (Phi) is 9.49. The normalized spacial score (nSPS) is 20.0. The van der Waals surface area contributed by atoms with Gasteiger partial charge in [0.1, 0.15) is 12.4 Å². The summed E-state index contributed by atoms with van der Waals surface area (Å²) in [6.45, 7) is 2.71. The summed E-state index contributed by atoms with van der Waals surface area (Å²) >= 11 is 1.28. The maximum atomic E-state index is 14.8. The van der Waals surface area contributed by atoms with Gasteiger partial charge in [-0.3, -0.25) is 24.0 Å². The van der Waals surface area contributed by atoms with Crippen molar-refractivity contribution < 1.29 is 18.8 Å². The summed E-state index contributed by atoms with van der Waals surface area (Å²) < 4.78 is 16.4. The maximum absolute atomic E-state index is 14.8. The van der Waals surface area contributed by atoms with Gasteiger partial charge >= 0.3 is 0 Å². The Labute approximate surface area is 221 Å². The summed E-state index contributed by atoms with van der Waals surface area (Å²) in [5.74, 6) is -0.381. The average molecular weight is 535 g/mol. The van der Waals surface area contributed by atoms with E-state index in [1.807, 2.05) is 17.0 Å². The Balaban J connectivity index is 0.00000361. The van der Waals surface area contributed by atoms with Crippen molar-refractivity contribution in [1.29, 1.82) is 0 Å². The van der Waals surface area contributed by atoms with Crippen LogP contribution < -0.4 is 0 Å². The van der Waals surface area contributed by atoms with Gasteiger partial charge in [0.25, 0.3) is 0 Å². The highest BCUT2D eigenvalue weighted by Crippen LogP contribution is 2.40. The lowest BCUT2D eigenvalue weighted by atomic mass is 9.93. The molecule has 10 heteroatoms. The third-order valence-corrected chi connectivity index (χ3v) is 7.55. The van der Waals surface area contributed by atoms with Gasteiger partial charge in [0.05, 0.1) is 11.7 Å². The van der Waals surface area contributed by atoms with Crippen LogP contribution >= 0.6 is 24.2 Å². The summed E-state index contributed by atoms with van der Waals surface area (Å²) in [4.78, 5) is 40.8. The Morgan fingerprint density at radius 2 is 1.92 bits per heavy atom. The van der Waals surface area contributed by atoms with Crippen molar-refractivity contribution in [3.8, 4) is 0 Å². The molecule has 0 N–H and O–H groups in total. The second-order valence-electron chi connectivity index (χ2n) is 9.40. The van der Waals surface area contributed by atoms with Crippen molar-refractivity contribution in [3.63, 3.8) is 0 Å². The fourth-order valence-electron chi connectivity index (χ4n) is 4.41. The number of likely N-dealkylation sites (N-methyl/N-ethyl adjacent to an activating group) is 1. The minimum Gasteiger partial charge on any atom is -0.347 e. The highest BCUT2D eigenvalue weighted by atomic mass is 35.5. The number of carbonyl (C=O) groups excluding carboxylic acids is 3. The molecule has 1 aromatic carbocycles. The molecule has 2 aliphatic rings. The van der Waals surface area contributed by atoms with Crippen molar-refractivity contribution in [1.82, 2.24) is 19.6 Å². The zero-order valence-electron chi connectivity index (χ0n) is 20.7. The van der Waals surface area contributed by atoms with E-state index < -0.39 is 6.04 Å². The Morgan fingerprint density at radius 3 is 2.56 bits per heavy atom. The summed E-state index contributed by atoms with van der Waals surface area (Å²) in [5.41, 5.74) is 2.05. The number of hydrogen-bond donors (Lipinski definition) is 0. The summed E-state index contributed by atoms with van der Waals surface area (Å²) in [7, 11) is 3.40. The number of likely N-dealkylation sites (tertiary alicyclic amines) is 1. The van der Waals surface area contributed by atoms with Crippen molar-refractivity contribution in [2.24, 2.45) is 5.92 Å². The van der Waals surface area contributed by atoms with Gasteiger partial charge in [0.15, 0.2) is 10.9 Å². The highest BCUT2D eigenvalue weighted by molar-refractivity contribution is 8.14. The number of Topliss-reactive ketones (excluding diaryl/α,β-unsaturated/α-hetero) is 1. The van der Waals surface area contributed by atoms with Crippen LogP contribution in [-0.2, 0) is 20.9 Å². The molecular weight excluding hydrogens is 503 g/mol. The molecular formula is C26H32ClFN4O3S. The van der Waals surface area contributed by atoms with Crippen molar-refractivity contribution >= 4 is 47.1 Å². The molecule has 1 aliphatic carbocycles. The van der Waals surface area contributed by atoms with Crippen molar-refractivity contribution in [2.75, 3.05) is 27.2 Å². The van der Waals surface area contributed by atoms with Crippen molar-refractivity contribution in [2.45, 2.75) is 44.0 Å². The molecule has 2 heterocycles. The molecule has 36 heavy (non-hydrogen) atoms. The van der Waals surface area contributed by atoms with Crippen LogP contribution in [0.25, 0.3) is 6.08 Å². The number of ketones is 1. The SMILES string of the molecule is CC(=O)SC1CCN(C(C(=O)C2CC2)c2ccccc2F)CC1=Cc1ccn(CC(=O)N(C)C)n1.Cl. The third-order valence-electron chi connectivity index (χ3n) is 6.39. The number of carbonyl (C=O) groups is 3. The van der Waals surface area contributed by atoms with Crippen LogP contribution in [0.3, 0.4) is 0 Å². The first kappa shape index (κ1) is 28.1. The zero-order chi connectivity index (χ0) is 25.1. The number of nitrogens with zero attached hydrogens (tertiary/aromatic N) is 4. The van der Waals surface area contributed by atoms with E-state index in [-0.39, 0.29) is 52.7 Å². The lowest BCUT2D eigenvalue weighted by Gasteiger charge is -2.38. The average Bonchev–Trinajstić information content (AvgIpc) is 3.57. The van der Waals surface area contributed by atoms with Gasteiger partial charge in [-0.05, 0) is 43.0 Å². The van der Waals surface area contributed by atoms with E-state index in [9.17, 15) is 18.8 Å². The molecule has 2 atom stereocenters. The van der Waals surface area contributed by atoms with E-state index in [4.69, 9.17) is 0 Å². The van der Waals surface area contributed by atoms with Crippen LogP contribution in [0.2, 0.25) is 0 Å². The number of piperidine rings is 1. The van der Waals surface area contributed by atoms with Crippen LogP contribution in [0.1, 0.15) is 43.5 Å². The van der Waals surface area contributed by atoms with Gasteiger partial charge in [-0.1, -0.05) is 30.0 Å². The Hall–Kier alpha value is -2.49. The van der Waals surface area contributed by atoms with E-state index in [0.717, 1.165) is 18.4 Å². The minimum atomic E-state index is -0.648. The monoisotopic (exact) mass is 534 g/mol. The van der Waals surface area contributed by atoms with Gasteiger partial charge in [0.2, 0.25) is 5.91 Å². The second-order valence-corrected chi connectivity index (χ2v) is 10.8. The fourth-order valence-corrected chi connectivity index (χ4v) is 5.33. The number of benzene rings is 1. The number of thioether (sulfide) groups is 1. The standard InChI is InChI=1S/C26H31FN4O3S.ClH/c1-17(32)35-23-11-12-30(25(26(34)18-8-9-18)21-6-4-5-7-22(21)27)15-19(23)14-20-10-13-31(28-20)16-24(33)29(2)3;/h4-7,10,13-14,18,23,25H,8-9,11-12,15-16H2,1-3H3;1H. The van der Waals surface area contributed by atoms with E-state index in [1.165, 1.54) is 22.7 Å². The van der Waals surface area contributed by atoms with Gasteiger partial charge in [-0.15, -0.1) is 12.4 Å². The maximum Gasteiger partial charge on any atom is 0.243 e. The summed E-state index contributed by atoms with van der Waals surface area (Å²) in [5, 5.41) is 4.49. The van der Waals surface area contributed by atoms with Crippen molar-refractivity contribution in [3.05, 3.63) is 59.2 Å². The molecule has 1 saturated heterocycles. The molecule has 1 aromatic heterocycles. The molecule has 1 amide bonds. The predicted octanol–water partition coefficient (Wildman–Crippen LogP) is 3.99. The molecule has 0 spiro atoms. The van der Waals surface area contributed by atoms with E-state index >= 15 is 0 Å². The zero-order valence-corrected chi connectivity index (χ0v) is 22.4. The quantitative estimate of drug-likeness (QED) is 0.510. The van der Waals surface area contributed by atoms with E-state index in [0.29, 0.717) is 30.8 Å². The van der Waals surface area contributed by atoms with Crippen LogP contribution in [0.15, 0.2) is 42.1 Å². The third kappa shape index (κ3) is 6.83. The molecule has 2 fully saturated rings. The van der Waals surface area contributed by atoms with Gasteiger partial charge in [0, 0.05) is 57.0 Å². The summed E-state index contributed by atoms with van der Waals surface area (Å²) in [6.07, 6.45) is 6.06. The fraction of sp³-hybridized carbons (Fsp3) is 0.462. The van der Waals surface area contributed by atoms with E-state index in [2.05, 4.69) is 5.10 Å². The number of hydrogen-bond acceptors (Lipinski definition) is 6. The minimum absolute atomic E-state index is 0. The number of rotatable bonds is 8. The largest absolute Gasteiger partial charge is 0.347 e. The molecule has 194 valence electrons. The van der Waals surface area contributed by atoms with Crippen LogP contribution in [0.4, 0.5) is 4.39 Å². The molecule has 0 radical (unpaired) electrons. The molecule has 2 unspecified atom stereocenters. The lowest BCUT2D eigenvalue weighted by molar-refractivity contribution is -0.129. The topological polar surface area (TPSA) is 75.5 Å². The smallest absolute Gasteiger partial charge is 0.243 e. The lowest BCUT2D eigenvalue weighted by Crippen LogP contribution is -2.43. The number of halogens is 2. The predicted molar refractivity (Wildman–Crippen MR) is 141 cm³/mol. The molecule has 2 aromatic rings. The van der Waals surface area contributed by atoms with Crippen LogP contribution in [0, 0.1) is 11.7 Å². The molecule has 1 saturated carbocycles. The van der Waals surface area contributed by atoms with Crippen LogP contribution in [-0.4, -0.2) is 68.8 Å².